The first-order chi connectivity index (χ1) is 12.1. The fraction of sp³-hybridized carbons (Fsp3) is 0. The van der Waals surface area contributed by atoms with Gasteiger partial charge >= 0.3 is 0 Å². The van der Waals surface area contributed by atoms with Gasteiger partial charge in [-0.25, -0.2) is 13.8 Å². The maximum atomic E-state index is 13.6. The summed E-state index contributed by atoms with van der Waals surface area (Å²) in [5.74, 6) is -3.84. The summed E-state index contributed by atoms with van der Waals surface area (Å²) in [6.07, 6.45) is 2.74. The molecule has 0 bridgehead atoms. The molecule has 2 aromatic carbocycles. The van der Waals surface area contributed by atoms with Gasteiger partial charge in [0.15, 0.2) is 0 Å². The van der Waals surface area contributed by atoms with Gasteiger partial charge in [-0.2, -0.15) is 0 Å². The van der Waals surface area contributed by atoms with E-state index in [2.05, 4.69) is 10.4 Å². The molecule has 1 heterocycles. The Morgan fingerprint density at radius 3 is 2.20 bits per heavy atom. The summed E-state index contributed by atoms with van der Waals surface area (Å²) in [4.78, 5) is 28.0. The summed E-state index contributed by atoms with van der Waals surface area (Å²) < 4.78 is 28.6. The number of hydrogen-bond acceptors (Lipinski definition) is 3. The molecule has 25 heavy (non-hydrogen) atoms. The van der Waals surface area contributed by atoms with E-state index in [1.165, 1.54) is 17.1 Å². The van der Waals surface area contributed by atoms with Crippen LogP contribution in [0.1, 0.15) is 20.8 Å². The molecule has 0 saturated carbocycles. The van der Waals surface area contributed by atoms with Crippen molar-refractivity contribution in [1.29, 1.82) is 0 Å². The number of nitrogens with one attached hydrogen (secondary N) is 2. The van der Waals surface area contributed by atoms with Crippen LogP contribution in [0.5, 0.6) is 0 Å². The monoisotopic (exact) mass is 342 g/mol. The van der Waals surface area contributed by atoms with E-state index in [4.69, 9.17) is 0 Å². The smallest absolute Gasteiger partial charge is 0.288 e. The molecule has 0 saturated heterocycles. The van der Waals surface area contributed by atoms with Gasteiger partial charge in [0.1, 0.15) is 22.9 Å². The maximum Gasteiger partial charge on any atom is 0.288 e. The van der Waals surface area contributed by atoms with Crippen LogP contribution in [-0.2, 0) is 0 Å². The van der Waals surface area contributed by atoms with E-state index < -0.39 is 29.0 Å². The lowest BCUT2D eigenvalue weighted by Crippen LogP contribution is -2.42. The van der Waals surface area contributed by atoms with Crippen LogP contribution in [0.15, 0.2) is 61.1 Å². The van der Waals surface area contributed by atoms with E-state index in [0.29, 0.717) is 5.69 Å². The first-order valence-electron chi connectivity index (χ1n) is 7.20. The standard InChI is InChI=1S/C17H12F2N4O2/c18-12-7-4-8-13(19)15(12)17(25)22-21-16(24)14-9-20-10-23(14)11-5-2-1-3-6-11/h1-10H,(H,21,24)(H,22,25). The van der Waals surface area contributed by atoms with Crippen molar-refractivity contribution in [2.24, 2.45) is 0 Å². The van der Waals surface area contributed by atoms with Crippen LogP contribution < -0.4 is 10.9 Å². The van der Waals surface area contributed by atoms with E-state index in [1.807, 2.05) is 11.5 Å². The summed E-state index contributed by atoms with van der Waals surface area (Å²) in [6, 6.07) is 12.0. The second-order valence-electron chi connectivity index (χ2n) is 4.99. The molecule has 0 aliphatic rings. The van der Waals surface area contributed by atoms with Crippen LogP contribution in [0.4, 0.5) is 8.78 Å². The molecule has 6 nitrogen and oxygen atoms in total. The zero-order chi connectivity index (χ0) is 17.8. The molecule has 0 aliphatic carbocycles. The molecule has 0 spiro atoms. The van der Waals surface area contributed by atoms with Crippen molar-refractivity contribution in [2.45, 2.75) is 0 Å². The second kappa shape index (κ2) is 6.91. The summed E-state index contributed by atoms with van der Waals surface area (Å²) in [5, 5.41) is 0. The van der Waals surface area contributed by atoms with E-state index in [9.17, 15) is 18.4 Å². The molecule has 0 radical (unpaired) electrons. The van der Waals surface area contributed by atoms with Crippen molar-refractivity contribution in [3.05, 3.63) is 83.9 Å². The first-order valence-corrected chi connectivity index (χ1v) is 7.20. The lowest BCUT2D eigenvalue weighted by atomic mass is 10.2. The Hall–Kier alpha value is -3.55. The third-order valence-corrected chi connectivity index (χ3v) is 3.38. The van der Waals surface area contributed by atoms with Crippen LogP contribution in [-0.4, -0.2) is 21.4 Å². The number of rotatable bonds is 3. The molecule has 0 unspecified atom stereocenters. The van der Waals surface area contributed by atoms with Gasteiger partial charge in [-0.05, 0) is 24.3 Å². The Bertz CT molecular complexity index is 905. The van der Waals surface area contributed by atoms with Gasteiger partial charge in [0.2, 0.25) is 0 Å². The highest BCUT2D eigenvalue weighted by Crippen LogP contribution is 2.12. The summed E-state index contributed by atoms with van der Waals surface area (Å²) in [7, 11) is 0. The lowest BCUT2D eigenvalue weighted by molar-refractivity contribution is 0.0838. The molecule has 8 heteroatoms. The van der Waals surface area contributed by atoms with Gasteiger partial charge in [0, 0.05) is 5.69 Å². The number of amides is 2. The number of aromatic nitrogens is 2. The van der Waals surface area contributed by atoms with E-state index in [1.54, 1.807) is 24.3 Å². The average Bonchev–Trinajstić information content (AvgIpc) is 3.10. The molecular weight excluding hydrogens is 330 g/mol. The SMILES string of the molecule is O=C(NNC(=O)c1cncn1-c1ccccc1)c1c(F)cccc1F. The summed E-state index contributed by atoms with van der Waals surface area (Å²) in [6.45, 7) is 0. The Kier molecular flexibility index (Phi) is 4.51. The van der Waals surface area contributed by atoms with Gasteiger partial charge in [0.05, 0.1) is 12.5 Å². The predicted molar refractivity (Wildman–Crippen MR) is 84.9 cm³/mol. The zero-order valence-corrected chi connectivity index (χ0v) is 12.7. The Morgan fingerprint density at radius 1 is 0.880 bits per heavy atom. The minimum absolute atomic E-state index is 0.139. The van der Waals surface area contributed by atoms with Gasteiger partial charge in [0.25, 0.3) is 11.8 Å². The Labute approximate surface area is 141 Å². The molecule has 2 amide bonds. The van der Waals surface area contributed by atoms with Crippen molar-refractivity contribution in [2.75, 3.05) is 0 Å². The lowest BCUT2D eigenvalue weighted by Gasteiger charge is -2.10. The number of para-hydroxylation sites is 1. The van der Waals surface area contributed by atoms with Crippen molar-refractivity contribution in [1.82, 2.24) is 20.4 Å². The number of carbonyl (C=O) groups excluding carboxylic acids is 2. The van der Waals surface area contributed by atoms with Crippen molar-refractivity contribution in [3.63, 3.8) is 0 Å². The summed E-state index contributed by atoms with van der Waals surface area (Å²) >= 11 is 0. The van der Waals surface area contributed by atoms with Crippen LogP contribution in [0.2, 0.25) is 0 Å². The molecule has 3 rings (SSSR count). The highest BCUT2D eigenvalue weighted by Gasteiger charge is 2.19. The first kappa shape index (κ1) is 16.3. The van der Waals surface area contributed by atoms with Crippen LogP contribution in [0, 0.1) is 11.6 Å². The van der Waals surface area contributed by atoms with E-state index in [0.717, 1.165) is 18.2 Å². The van der Waals surface area contributed by atoms with Crippen molar-refractivity contribution in [3.8, 4) is 5.69 Å². The molecule has 0 atom stereocenters. The minimum atomic E-state index is -1.10. The fourth-order valence-corrected chi connectivity index (χ4v) is 2.21. The molecule has 3 aromatic rings. The van der Waals surface area contributed by atoms with E-state index in [-0.39, 0.29) is 5.69 Å². The molecule has 0 fully saturated rings. The molecule has 0 aliphatic heterocycles. The van der Waals surface area contributed by atoms with Crippen LogP contribution in [0.25, 0.3) is 5.69 Å². The number of hydrazine groups is 1. The third kappa shape index (κ3) is 3.37. The van der Waals surface area contributed by atoms with Crippen LogP contribution in [0.3, 0.4) is 0 Å². The highest BCUT2D eigenvalue weighted by molar-refractivity contribution is 5.98. The second-order valence-corrected chi connectivity index (χ2v) is 4.99. The molecule has 2 N–H and O–H groups in total. The highest BCUT2D eigenvalue weighted by atomic mass is 19.1. The fourth-order valence-electron chi connectivity index (χ4n) is 2.21. The predicted octanol–water partition coefficient (Wildman–Crippen LogP) is 2.23. The largest absolute Gasteiger partial charge is 0.295 e. The van der Waals surface area contributed by atoms with Crippen molar-refractivity contribution >= 4 is 11.8 Å². The van der Waals surface area contributed by atoms with Gasteiger partial charge in [-0.15, -0.1) is 0 Å². The number of carbonyl (C=O) groups is 2. The zero-order valence-electron chi connectivity index (χ0n) is 12.7. The number of hydrogen-bond donors (Lipinski definition) is 2. The van der Waals surface area contributed by atoms with Gasteiger partial charge in [-0.3, -0.25) is 25.0 Å². The third-order valence-electron chi connectivity index (χ3n) is 3.38. The molecule has 126 valence electrons. The number of nitrogens with zero attached hydrogens (tertiary/aromatic N) is 2. The minimum Gasteiger partial charge on any atom is -0.295 e. The maximum absolute atomic E-state index is 13.6. The summed E-state index contributed by atoms with van der Waals surface area (Å²) in [5.41, 5.74) is 4.16. The molecule has 1 aromatic heterocycles. The number of halogens is 2. The number of imidazole rings is 1. The van der Waals surface area contributed by atoms with Crippen LogP contribution >= 0.6 is 0 Å². The van der Waals surface area contributed by atoms with Gasteiger partial charge < -0.3 is 0 Å². The quantitative estimate of drug-likeness (QED) is 0.717. The normalized spacial score (nSPS) is 10.3. The van der Waals surface area contributed by atoms with E-state index >= 15 is 0 Å². The average molecular weight is 342 g/mol. The molecular formula is C17H12F2N4O2. The number of benzene rings is 2. The topological polar surface area (TPSA) is 76.0 Å². The Morgan fingerprint density at radius 2 is 1.52 bits per heavy atom. The van der Waals surface area contributed by atoms with Crippen molar-refractivity contribution < 1.29 is 18.4 Å². The van der Waals surface area contributed by atoms with Gasteiger partial charge in [-0.1, -0.05) is 24.3 Å². The Balaban J connectivity index is 1.74.